The van der Waals surface area contributed by atoms with E-state index in [4.69, 9.17) is 4.74 Å². The highest BCUT2D eigenvalue weighted by Gasteiger charge is 2.18. The molecule has 0 spiro atoms. The van der Waals surface area contributed by atoms with Crippen LogP contribution in [0.2, 0.25) is 0 Å². The molecule has 4 nitrogen and oxygen atoms in total. The van der Waals surface area contributed by atoms with Gasteiger partial charge in [0, 0.05) is 0 Å². The summed E-state index contributed by atoms with van der Waals surface area (Å²) in [5, 5.41) is 11.9. The first-order chi connectivity index (χ1) is 9.40. The lowest BCUT2D eigenvalue weighted by molar-refractivity contribution is 0.0484. The highest BCUT2D eigenvalue weighted by atomic mass is 16.6. The molecule has 110 valence electrons. The Balaban J connectivity index is 2.44. The molecule has 0 fully saturated rings. The van der Waals surface area contributed by atoms with Crippen molar-refractivity contribution >= 4 is 12.2 Å². The second-order valence-electron chi connectivity index (χ2n) is 5.57. The fourth-order valence-electron chi connectivity index (χ4n) is 1.59. The van der Waals surface area contributed by atoms with E-state index in [9.17, 15) is 9.90 Å². The quantitative estimate of drug-likeness (QED) is 0.870. The predicted molar refractivity (Wildman–Crippen MR) is 80.3 cm³/mol. The molecule has 1 aromatic rings. The van der Waals surface area contributed by atoms with Gasteiger partial charge in [0.2, 0.25) is 0 Å². The molecule has 20 heavy (non-hydrogen) atoms. The van der Waals surface area contributed by atoms with E-state index in [1.807, 2.05) is 42.5 Å². The van der Waals surface area contributed by atoms with E-state index in [1.165, 1.54) is 0 Å². The molecule has 1 atom stereocenters. The molecule has 0 bridgehead atoms. The van der Waals surface area contributed by atoms with Gasteiger partial charge in [-0.25, -0.2) is 4.79 Å². The van der Waals surface area contributed by atoms with Gasteiger partial charge in [-0.3, -0.25) is 0 Å². The van der Waals surface area contributed by atoms with Crippen LogP contribution in [0.1, 0.15) is 32.8 Å². The largest absolute Gasteiger partial charge is 0.444 e. The van der Waals surface area contributed by atoms with Crippen LogP contribution >= 0.6 is 0 Å². The topological polar surface area (TPSA) is 58.6 Å². The number of hydrogen-bond donors (Lipinski definition) is 2. The number of benzene rings is 1. The van der Waals surface area contributed by atoms with Gasteiger partial charge < -0.3 is 15.2 Å². The summed E-state index contributed by atoms with van der Waals surface area (Å²) in [5.74, 6) is 0. The maximum Gasteiger partial charge on any atom is 0.407 e. The third-order valence-corrected chi connectivity index (χ3v) is 2.47. The Labute approximate surface area is 120 Å². The van der Waals surface area contributed by atoms with Crippen LogP contribution in [-0.4, -0.2) is 29.4 Å². The zero-order valence-corrected chi connectivity index (χ0v) is 12.3. The fraction of sp³-hybridized carbons (Fsp3) is 0.438. The van der Waals surface area contributed by atoms with Crippen LogP contribution in [0, 0.1) is 0 Å². The van der Waals surface area contributed by atoms with E-state index in [1.54, 1.807) is 20.8 Å². The molecule has 0 aliphatic heterocycles. The number of amides is 1. The van der Waals surface area contributed by atoms with Crippen molar-refractivity contribution in [1.29, 1.82) is 0 Å². The molecule has 0 saturated carbocycles. The maximum absolute atomic E-state index is 11.6. The molecule has 1 aromatic carbocycles. The van der Waals surface area contributed by atoms with Gasteiger partial charge in [0.15, 0.2) is 0 Å². The highest BCUT2D eigenvalue weighted by Crippen LogP contribution is 2.08. The lowest BCUT2D eigenvalue weighted by Gasteiger charge is -2.22. The van der Waals surface area contributed by atoms with Crippen LogP contribution in [0.5, 0.6) is 0 Å². The Morgan fingerprint density at radius 1 is 1.35 bits per heavy atom. The molecule has 0 aromatic heterocycles. The molecular weight excluding hydrogens is 254 g/mol. The SMILES string of the molecule is CC(C)(C)OC(=O)NC(CO)CC=Cc1ccccc1. The maximum atomic E-state index is 11.6. The van der Waals surface area contributed by atoms with Crippen LogP contribution in [0.3, 0.4) is 0 Å². The van der Waals surface area contributed by atoms with Crippen LogP contribution in [-0.2, 0) is 4.74 Å². The van der Waals surface area contributed by atoms with Crippen molar-refractivity contribution in [3.63, 3.8) is 0 Å². The molecule has 2 N–H and O–H groups in total. The monoisotopic (exact) mass is 277 g/mol. The highest BCUT2D eigenvalue weighted by molar-refractivity contribution is 5.68. The van der Waals surface area contributed by atoms with E-state index in [-0.39, 0.29) is 12.6 Å². The van der Waals surface area contributed by atoms with Crippen LogP contribution in [0.4, 0.5) is 4.79 Å². The Kier molecular flexibility index (Phi) is 6.25. The van der Waals surface area contributed by atoms with Crippen molar-refractivity contribution < 1.29 is 14.6 Å². The fourth-order valence-corrected chi connectivity index (χ4v) is 1.59. The molecule has 1 rings (SSSR count). The Morgan fingerprint density at radius 3 is 2.55 bits per heavy atom. The van der Waals surface area contributed by atoms with Gasteiger partial charge in [0.25, 0.3) is 0 Å². The van der Waals surface area contributed by atoms with E-state index in [2.05, 4.69) is 5.32 Å². The molecular formula is C16H23NO3. The molecule has 1 amide bonds. The van der Waals surface area contributed by atoms with Crippen molar-refractivity contribution in [3.05, 3.63) is 42.0 Å². The van der Waals surface area contributed by atoms with E-state index < -0.39 is 11.7 Å². The first kappa shape index (κ1) is 16.2. The summed E-state index contributed by atoms with van der Waals surface area (Å²) in [6, 6.07) is 9.52. The molecule has 4 heteroatoms. The molecule has 0 aliphatic rings. The molecule has 0 saturated heterocycles. The van der Waals surface area contributed by atoms with Gasteiger partial charge >= 0.3 is 6.09 Å². The Bertz CT molecular complexity index is 435. The van der Waals surface area contributed by atoms with Gasteiger partial charge in [0.1, 0.15) is 5.60 Å². The van der Waals surface area contributed by atoms with Crippen molar-refractivity contribution in [2.75, 3.05) is 6.61 Å². The predicted octanol–water partition coefficient (Wildman–Crippen LogP) is 2.98. The van der Waals surface area contributed by atoms with Gasteiger partial charge in [0.05, 0.1) is 12.6 Å². The summed E-state index contributed by atoms with van der Waals surface area (Å²) in [6.07, 6.45) is 3.92. The van der Waals surface area contributed by atoms with Crippen LogP contribution in [0.25, 0.3) is 6.08 Å². The van der Waals surface area contributed by atoms with Crippen molar-refractivity contribution in [2.24, 2.45) is 0 Å². The minimum Gasteiger partial charge on any atom is -0.444 e. The Hall–Kier alpha value is -1.81. The number of nitrogens with one attached hydrogen (secondary N) is 1. The van der Waals surface area contributed by atoms with Gasteiger partial charge in [-0.2, -0.15) is 0 Å². The number of aliphatic hydroxyl groups excluding tert-OH is 1. The summed E-state index contributed by atoms with van der Waals surface area (Å²) in [4.78, 5) is 11.6. The summed E-state index contributed by atoms with van der Waals surface area (Å²) in [5.41, 5.74) is 0.547. The summed E-state index contributed by atoms with van der Waals surface area (Å²) in [7, 11) is 0. The normalized spacial score (nSPS) is 13.2. The van der Waals surface area contributed by atoms with Gasteiger partial charge in [-0.15, -0.1) is 0 Å². The van der Waals surface area contributed by atoms with Crippen molar-refractivity contribution in [1.82, 2.24) is 5.32 Å². The molecule has 1 unspecified atom stereocenters. The lowest BCUT2D eigenvalue weighted by atomic mass is 10.1. The van der Waals surface area contributed by atoms with Crippen molar-refractivity contribution in [2.45, 2.75) is 38.8 Å². The minimum absolute atomic E-state index is 0.127. The average molecular weight is 277 g/mol. The molecule has 0 radical (unpaired) electrons. The van der Waals surface area contributed by atoms with E-state index >= 15 is 0 Å². The van der Waals surface area contributed by atoms with E-state index in [0.29, 0.717) is 6.42 Å². The smallest absolute Gasteiger partial charge is 0.407 e. The number of hydrogen-bond acceptors (Lipinski definition) is 3. The number of rotatable bonds is 5. The zero-order chi connectivity index (χ0) is 15.0. The standard InChI is InChI=1S/C16H23NO3/c1-16(2,3)20-15(19)17-14(12-18)11-7-10-13-8-5-4-6-9-13/h4-10,14,18H,11-12H2,1-3H3,(H,17,19). The number of carbonyl (C=O) groups excluding carboxylic acids is 1. The lowest BCUT2D eigenvalue weighted by Crippen LogP contribution is -2.40. The molecule has 0 heterocycles. The number of carbonyl (C=O) groups is 1. The second kappa shape index (κ2) is 7.70. The van der Waals surface area contributed by atoms with E-state index in [0.717, 1.165) is 5.56 Å². The molecule has 0 aliphatic carbocycles. The zero-order valence-electron chi connectivity index (χ0n) is 12.3. The summed E-state index contributed by atoms with van der Waals surface area (Å²) >= 11 is 0. The third-order valence-electron chi connectivity index (χ3n) is 2.47. The Morgan fingerprint density at radius 2 is 2.00 bits per heavy atom. The van der Waals surface area contributed by atoms with Gasteiger partial charge in [-0.05, 0) is 32.8 Å². The first-order valence-corrected chi connectivity index (χ1v) is 6.72. The first-order valence-electron chi connectivity index (χ1n) is 6.72. The van der Waals surface area contributed by atoms with Crippen molar-refractivity contribution in [3.8, 4) is 0 Å². The summed E-state index contributed by atoms with van der Waals surface area (Å²) in [6.45, 7) is 5.28. The minimum atomic E-state index is -0.538. The van der Waals surface area contributed by atoms with Gasteiger partial charge in [-0.1, -0.05) is 42.5 Å². The van der Waals surface area contributed by atoms with Crippen LogP contribution < -0.4 is 5.32 Å². The number of ether oxygens (including phenoxy) is 1. The second-order valence-corrected chi connectivity index (χ2v) is 5.57. The average Bonchev–Trinajstić information content (AvgIpc) is 2.36. The number of aliphatic hydroxyl groups is 1. The summed E-state index contributed by atoms with van der Waals surface area (Å²) < 4.78 is 5.15. The third kappa shape index (κ3) is 6.95. The van der Waals surface area contributed by atoms with Crippen LogP contribution in [0.15, 0.2) is 36.4 Å². The number of alkyl carbamates (subject to hydrolysis) is 1.